The highest BCUT2D eigenvalue weighted by molar-refractivity contribution is 6.07. The van der Waals surface area contributed by atoms with E-state index in [0.29, 0.717) is 19.0 Å². The van der Waals surface area contributed by atoms with Crippen LogP contribution in [0.15, 0.2) is 0 Å². The van der Waals surface area contributed by atoms with Crippen LogP contribution in [-0.2, 0) is 4.79 Å². The summed E-state index contributed by atoms with van der Waals surface area (Å²) in [6.45, 7) is 2.83. The predicted molar refractivity (Wildman–Crippen MR) is 59.7 cm³/mol. The molecule has 1 saturated heterocycles. The predicted octanol–water partition coefficient (Wildman–Crippen LogP) is 0.446. The smallest absolute Gasteiger partial charge is 0.325 e. The van der Waals surface area contributed by atoms with Gasteiger partial charge in [-0.1, -0.05) is 6.92 Å². The van der Waals surface area contributed by atoms with Crippen molar-refractivity contribution in [3.63, 3.8) is 0 Å². The van der Waals surface area contributed by atoms with Gasteiger partial charge in [0.05, 0.1) is 0 Å². The minimum absolute atomic E-state index is 0.0742. The Morgan fingerprint density at radius 2 is 2.06 bits per heavy atom. The number of hydrogen-bond donors (Lipinski definition) is 2. The van der Waals surface area contributed by atoms with E-state index in [-0.39, 0.29) is 11.9 Å². The van der Waals surface area contributed by atoms with Crippen LogP contribution in [0.3, 0.4) is 0 Å². The lowest BCUT2D eigenvalue weighted by Crippen LogP contribution is -2.49. The Labute approximate surface area is 95.3 Å². The third-order valence-corrected chi connectivity index (χ3v) is 3.73. The van der Waals surface area contributed by atoms with Crippen LogP contribution in [0.4, 0.5) is 4.79 Å². The maximum absolute atomic E-state index is 12.2. The van der Waals surface area contributed by atoms with Gasteiger partial charge in [0.25, 0.3) is 5.91 Å². The maximum atomic E-state index is 12.2. The van der Waals surface area contributed by atoms with E-state index in [9.17, 15) is 9.59 Å². The van der Waals surface area contributed by atoms with Gasteiger partial charge in [0.2, 0.25) is 0 Å². The van der Waals surface area contributed by atoms with Gasteiger partial charge in [0.15, 0.2) is 0 Å². The number of amides is 3. The van der Waals surface area contributed by atoms with Crippen LogP contribution in [0.5, 0.6) is 0 Å². The number of rotatable bonds is 2. The van der Waals surface area contributed by atoms with Crippen molar-refractivity contribution in [1.29, 1.82) is 0 Å². The highest BCUT2D eigenvalue weighted by atomic mass is 16.2. The summed E-state index contributed by atoms with van der Waals surface area (Å²) in [5, 5.41) is 2.86. The van der Waals surface area contributed by atoms with Crippen molar-refractivity contribution >= 4 is 11.9 Å². The number of carbonyl (C=O) groups excluding carboxylic acids is 2. The van der Waals surface area contributed by atoms with E-state index in [1.54, 1.807) is 0 Å². The van der Waals surface area contributed by atoms with Gasteiger partial charge in [0.1, 0.15) is 5.54 Å². The molecule has 90 valence electrons. The van der Waals surface area contributed by atoms with Crippen LogP contribution < -0.4 is 11.1 Å². The third-order valence-electron chi connectivity index (χ3n) is 3.73. The molecule has 0 aromatic heterocycles. The van der Waals surface area contributed by atoms with Crippen molar-refractivity contribution in [1.82, 2.24) is 10.2 Å². The van der Waals surface area contributed by atoms with E-state index >= 15 is 0 Å². The van der Waals surface area contributed by atoms with Crippen LogP contribution in [0.25, 0.3) is 0 Å². The van der Waals surface area contributed by atoms with Crippen LogP contribution in [-0.4, -0.2) is 35.5 Å². The Hall–Kier alpha value is -1.10. The first kappa shape index (κ1) is 11.4. The quantitative estimate of drug-likeness (QED) is 0.670. The molecule has 0 radical (unpaired) electrons. The van der Waals surface area contributed by atoms with Crippen molar-refractivity contribution in [2.24, 2.45) is 11.7 Å². The first-order chi connectivity index (χ1) is 7.59. The molecule has 3 N–H and O–H groups in total. The second-order valence-corrected chi connectivity index (χ2v) is 4.94. The molecule has 0 aromatic rings. The molecular formula is C11H19N3O2. The summed E-state index contributed by atoms with van der Waals surface area (Å²) in [5.74, 6) is 0.578. The molecule has 16 heavy (non-hydrogen) atoms. The topological polar surface area (TPSA) is 75.4 Å². The summed E-state index contributed by atoms with van der Waals surface area (Å²) in [4.78, 5) is 25.1. The minimum atomic E-state index is -0.612. The van der Waals surface area contributed by atoms with Gasteiger partial charge >= 0.3 is 6.03 Å². The fourth-order valence-electron chi connectivity index (χ4n) is 2.60. The largest absolute Gasteiger partial charge is 0.329 e. The molecular weight excluding hydrogens is 206 g/mol. The molecule has 0 aromatic carbocycles. The Bertz CT molecular complexity index is 308. The molecule has 1 aliphatic heterocycles. The van der Waals surface area contributed by atoms with Gasteiger partial charge in [-0.25, -0.2) is 4.79 Å². The molecule has 5 nitrogen and oxygen atoms in total. The number of nitrogens with two attached hydrogens (primary N) is 1. The number of carbonyl (C=O) groups is 2. The highest BCUT2D eigenvalue weighted by Gasteiger charge is 2.51. The first-order valence-corrected chi connectivity index (χ1v) is 5.93. The van der Waals surface area contributed by atoms with Gasteiger partial charge in [-0.05, 0) is 31.6 Å². The average molecular weight is 225 g/mol. The molecule has 1 aliphatic carbocycles. The lowest BCUT2D eigenvalue weighted by atomic mass is 9.77. The average Bonchev–Trinajstić information content (AvgIpc) is 2.49. The zero-order valence-corrected chi connectivity index (χ0v) is 9.66. The molecule has 5 heteroatoms. The summed E-state index contributed by atoms with van der Waals surface area (Å²) in [6.07, 6.45) is 3.53. The van der Waals surface area contributed by atoms with Crippen LogP contribution in [0.2, 0.25) is 0 Å². The Morgan fingerprint density at radius 3 is 2.62 bits per heavy atom. The molecule has 1 spiro atoms. The van der Waals surface area contributed by atoms with Gasteiger partial charge in [-0.3, -0.25) is 9.69 Å². The van der Waals surface area contributed by atoms with E-state index in [4.69, 9.17) is 5.73 Å². The van der Waals surface area contributed by atoms with E-state index < -0.39 is 5.54 Å². The van der Waals surface area contributed by atoms with Crippen molar-refractivity contribution in [2.75, 3.05) is 13.1 Å². The Morgan fingerprint density at radius 1 is 1.44 bits per heavy atom. The van der Waals surface area contributed by atoms with E-state index in [2.05, 4.69) is 12.2 Å². The van der Waals surface area contributed by atoms with Gasteiger partial charge in [-0.2, -0.15) is 0 Å². The summed E-state index contributed by atoms with van der Waals surface area (Å²) in [5.41, 5.74) is 4.79. The number of nitrogens with zero attached hydrogens (tertiary/aromatic N) is 1. The molecule has 2 fully saturated rings. The fourth-order valence-corrected chi connectivity index (χ4v) is 2.60. The molecule has 2 aliphatic rings. The molecule has 1 saturated carbocycles. The Kier molecular flexibility index (Phi) is 2.88. The molecule has 0 bridgehead atoms. The summed E-state index contributed by atoms with van der Waals surface area (Å²) >= 11 is 0. The molecule has 0 atom stereocenters. The van der Waals surface area contributed by atoms with Gasteiger partial charge < -0.3 is 11.1 Å². The number of imide groups is 1. The molecule has 2 rings (SSSR count). The van der Waals surface area contributed by atoms with Crippen molar-refractivity contribution in [2.45, 2.75) is 38.1 Å². The molecule has 0 unspecified atom stereocenters. The van der Waals surface area contributed by atoms with Crippen molar-refractivity contribution < 1.29 is 9.59 Å². The fraction of sp³-hybridized carbons (Fsp3) is 0.818. The monoisotopic (exact) mass is 225 g/mol. The van der Waals surface area contributed by atoms with E-state index in [0.717, 1.165) is 25.7 Å². The maximum Gasteiger partial charge on any atom is 0.325 e. The van der Waals surface area contributed by atoms with E-state index in [1.165, 1.54) is 4.90 Å². The number of urea groups is 1. The molecule has 3 amide bonds. The zero-order chi connectivity index (χ0) is 11.8. The van der Waals surface area contributed by atoms with E-state index in [1.807, 2.05) is 0 Å². The van der Waals surface area contributed by atoms with Crippen LogP contribution in [0, 0.1) is 5.92 Å². The zero-order valence-electron chi connectivity index (χ0n) is 9.66. The van der Waals surface area contributed by atoms with Gasteiger partial charge in [-0.15, -0.1) is 0 Å². The second kappa shape index (κ2) is 4.05. The SMILES string of the molecule is CC1CCC2(CC1)NC(=O)N(CCN)C2=O. The number of hydrogen-bond acceptors (Lipinski definition) is 3. The lowest BCUT2D eigenvalue weighted by molar-refractivity contribution is -0.132. The first-order valence-electron chi connectivity index (χ1n) is 5.93. The van der Waals surface area contributed by atoms with Gasteiger partial charge in [0, 0.05) is 13.1 Å². The summed E-state index contributed by atoms with van der Waals surface area (Å²) < 4.78 is 0. The second-order valence-electron chi connectivity index (χ2n) is 4.94. The number of nitrogens with one attached hydrogen (secondary N) is 1. The highest BCUT2D eigenvalue weighted by Crippen LogP contribution is 2.36. The Balaban J connectivity index is 2.13. The minimum Gasteiger partial charge on any atom is -0.329 e. The normalized spacial score (nSPS) is 34.6. The van der Waals surface area contributed by atoms with Crippen LogP contribution in [0.1, 0.15) is 32.6 Å². The van der Waals surface area contributed by atoms with Crippen LogP contribution >= 0.6 is 0 Å². The summed E-state index contributed by atoms with van der Waals surface area (Å²) in [7, 11) is 0. The molecule has 1 heterocycles. The van der Waals surface area contributed by atoms with Crippen molar-refractivity contribution in [3.8, 4) is 0 Å². The third kappa shape index (κ3) is 1.69. The standard InChI is InChI=1S/C11H19N3O2/c1-8-2-4-11(5-3-8)9(15)14(7-6-12)10(16)13-11/h8H,2-7,12H2,1H3,(H,13,16). The van der Waals surface area contributed by atoms with Crippen molar-refractivity contribution in [3.05, 3.63) is 0 Å². The summed E-state index contributed by atoms with van der Waals surface area (Å²) in [6, 6.07) is -0.273. The lowest BCUT2D eigenvalue weighted by Gasteiger charge is -2.33.